The quantitative estimate of drug-likeness (QED) is 0.749. The van der Waals surface area contributed by atoms with Gasteiger partial charge in [0.05, 0.1) is 12.8 Å². The number of nitrogens with zero attached hydrogens (tertiary/aromatic N) is 2. The largest absolute Gasteiger partial charge is 0.459 e. The summed E-state index contributed by atoms with van der Waals surface area (Å²) in [6, 6.07) is 9.22. The first-order chi connectivity index (χ1) is 13.9. The highest BCUT2D eigenvalue weighted by atomic mass is 32.1. The van der Waals surface area contributed by atoms with Crippen LogP contribution in [0.4, 0.5) is 5.69 Å². The maximum Gasteiger partial charge on any atom is 0.293 e. The first-order valence-corrected chi connectivity index (χ1v) is 10.1. The minimum absolute atomic E-state index is 0.0236. The number of rotatable bonds is 4. The smallest absolute Gasteiger partial charge is 0.293 e. The summed E-state index contributed by atoms with van der Waals surface area (Å²) in [6.45, 7) is 7.17. The van der Waals surface area contributed by atoms with Crippen molar-refractivity contribution in [2.24, 2.45) is 0 Å². The van der Waals surface area contributed by atoms with E-state index < -0.39 is 0 Å². The van der Waals surface area contributed by atoms with E-state index in [1.807, 2.05) is 36.9 Å². The molecule has 0 atom stereocenters. The topological polar surface area (TPSA) is 77.8 Å². The lowest BCUT2D eigenvalue weighted by Gasteiger charge is -2.24. The van der Waals surface area contributed by atoms with Crippen LogP contribution in [0.15, 0.2) is 41.0 Å². The number of carbonyl (C=O) groups is 2. The minimum Gasteiger partial charge on any atom is -0.459 e. The molecule has 0 bridgehead atoms. The third-order valence-electron chi connectivity index (χ3n) is 4.95. The van der Waals surface area contributed by atoms with Crippen LogP contribution in [0.2, 0.25) is 0 Å². The third-order valence-corrected chi connectivity index (χ3v) is 5.31. The lowest BCUT2D eigenvalue weighted by Crippen LogP contribution is -2.44. The molecule has 1 aromatic heterocycles. The highest BCUT2D eigenvalue weighted by molar-refractivity contribution is 7.80. The molecule has 154 valence electrons. The Kier molecular flexibility index (Phi) is 7.00. The number of carbonyl (C=O) groups excluding carboxylic acids is 2. The van der Waals surface area contributed by atoms with Crippen molar-refractivity contribution in [2.45, 2.75) is 20.3 Å². The minimum atomic E-state index is -0.353. The number of hydrogen-bond acceptors (Lipinski definition) is 5. The Bertz CT molecular complexity index is 862. The molecule has 1 aliphatic rings. The van der Waals surface area contributed by atoms with Crippen molar-refractivity contribution in [1.82, 2.24) is 15.1 Å². The Labute approximate surface area is 176 Å². The second-order valence-corrected chi connectivity index (χ2v) is 7.56. The zero-order chi connectivity index (χ0) is 20.8. The van der Waals surface area contributed by atoms with E-state index in [2.05, 4.69) is 15.5 Å². The summed E-state index contributed by atoms with van der Waals surface area (Å²) in [6.07, 6.45) is 2.30. The first-order valence-electron chi connectivity index (χ1n) is 9.66. The van der Waals surface area contributed by atoms with Gasteiger partial charge in [0, 0.05) is 31.9 Å². The number of anilines is 1. The van der Waals surface area contributed by atoms with Gasteiger partial charge >= 0.3 is 0 Å². The number of nitrogens with one attached hydrogen (secondary N) is 2. The van der Waals surface area contributed by atoms with Gasteiger partial charge in [0.1, 0.15) is 0 Å². The Morgan fingerprint density at radius 1 is 1.07 bits per heavy atom. The fourth-order valence-corrected chi connectivity index (χ4v) is 3.65. The number of para-hydroxylation sites is 1. The average Bonchev–Trinajstić information content (AvgIpc) is 3.12. The zero-order valence-corrected chi connectivity index (χ0v) is 17.6. The Morgan fingerprint density at radius 2 is 1.83 bits per heavy atom. The van der Waals surface area contributed by atoms with Crippen molar-refractivity contribution in [3.63, 3.8) is 0 Å². The number of benzene rings is 1. The Balaban J connectivity index is 1.50. The summed E-state index contributed by atoms with van der Waals surface area (Å²) in [5.41, 5.74) is 2.99. The van der Waals surface area contributed by atoms with Gasteiger partial charge in [0.25, 0.3) is 5.91 Å². The van der Waals surface area contributed by atoms with Gasteiger partial charge in [-0.2, -0.15) is 0 Å². The van der Waals surface area contributed by atoms with Crippen molar-refractivity contribution >= 4 is 34.8 Å². The number of aryl methyl sites for hydroxylation is 2. The van der Waals surface area contributed by atoms with Crippen molar-refractivity contribution < 1.29 is 14.0 Å². The lowest BCUT2D eigenvalue weighted by molar-refractivity contribution is -0.117. The van der Waals surface area contributed by atoms with Crippen molar-refractivity contribution in [3.05, 3.63) is 53.5 Å². The Hall–Kier alpha value is -2.71. The van der Waals surface area contributed by atoms with Crippen LogP contribution in [0.1, 0.15) is 28.1 Å². The van der Waals surface area contributed by atoms with E-state index in [-0.39, 0.29) is 17.6 Å². The maximum atomic E-state index is 12.5. The maximum absolute atomic E-state index is 12.5. The molecule has 0 saturated carbocycles. The van der Waals surface area contributed by atoms with Gasteiger partial charge < -0.3 is 14.6 Å². The second kappa shape index (κ2) is 9.67. The molecule has 1 aliphatic heterocycles. The lowest BCUT2D eigenvalue weighted by atomic mass is 10.1. The van der Waals surface area contributed by atoms with Gasteiger partial charge in [-0.05, 0) is 55.7 Å². The van der Waals surface area contributed by atoms with Gasteiger partial charge in [-0.1, -0.05) is 18.2 Å². The van der Waals surface area contributed by atoms with Crippen LogP contribution in [0, 0.1) is 13.8 Å². The van der Waals surface area contributed by atoms with E-state index in [4.69, 9.17) is 16.6 Å². The molecule has 1 aromatic carbocycles. The predicted octanol–water partition coefficient (Wildman–Crippen LogP) is 2.56. The van der Waals surface area contributed by atoms with E-state index in [0.29, 0.717) is 24.7 Å². The van der Waals surface area contributed by atoms with Crippen molar-refractivity contribution in [1.29, 1.82) is 0 Å². The highest BCUT2D eigenvalue weighted by Crippen LogP contribution is 2.19. The van der Waals surface area contributed by atoms with Crippen molar-refractivity contribution in [3.8, 4) is 0 Å². The van der Waals surface area contributed by atoms with E-state index in [1.165, 1.54) is 6.26 Å². The molecule has 8 heteroatoms. The number of amides is 2. The van der Waals surface area contributed by atoms with Gasteiger partial charge in [-0.25, -0.2) is 0 Å². The molecule has 0 unspecified atom stereocenters. The molecular formula is C21H26N4O3S. The molecule has 0 spiro atoms. The van der Waals surface area contributed by atoms with Crippen LogP contribution in [0.25, 0.3) is 0 Å². The first kappa shape index (κ1) is 21.0. The molecule has 2 heterocycles. The summed E-state index contributed by atoms with van der Waals surface area (Å²) in [7, 11) is 0. The van der Waals surface area contributed by atoms with E-state index in [9.17, 15) is 9.59 Å². The fraction of sp³-hybridized carbons (Fsp3) is 0.381. The summed E-state index contributed by atoms with van der Waals surface area (Å²) in [5, 5.41) is 6.12. The summed E-state index contributed by atoms with van der Waals surface area (Å²) in [4.78, 5) is 28.7. The van der Waals surface area contributed by atoms with Crippen LogP contribution in [-0.2, 0) is 4.79 Å². The molecular weight excluding hydrogens is 388 g/mol. The molecule has 1 fully saturated rings. The van der Waals surface area contributed by atoms with Gasteiger partial charge in [0.2, 0.25) is 5.91 Å². The monoisotopic (exact) mass is 414 g/mol. The van der Waals surface area contributed by atoms with E-state index in [0.717, 1.165) is 36.3 Å². The summed E-state index contributed by atoms with van der Waals surface area (Å²) >= 11 is 5.38. The zero-order valence-electron chi connectivity index (χ0n) is 16.7. The fourth-order valence-electron chi connectivity index (χ4n) is 3.37. The summed E-state index contributed by atoms with van der Waals surface area (Å²) in [5.74, 6) is -0.148. The van der Waals surface area contributed by atoms with Crippen LogP contribution in [-0.4, -0.2) is 59.5 Å². The molecule has 29 heavy (non-hydrogen) atoms. The van der Waals surface area contributed by atoms with Crippen LogP contribution < -0.4 is 10.6 Å². The van der Waals surface area contributed by atoms with Crippen molar-refractivity contribution in [2.75, 3.05) is 38.0 Å². The number of furan rings is 1. The molecule has 0 radical (unpaired) electrons. The van der Waals surface area contributed by atoms with Crippen LogP contribution >= 0.6 is 12.2 Å². The predicted molar refractivity (Wildman–Crippen MR) is 116 cm³/mol. The van der Waals surface area contributed by atoms with Gasteiger partial charge in [-0.3, -0.25) is 19.8 Å². The van der Waals surface area contributed by atoms with Crippen LogP contribution in [0.5, 0.6) is 0 Å². The van der Waals surface area contributed by atoms with Gasteiger partial charge in [-0.15, -0.1) is 0 Å². The third kappa shape index (κ3) is 5.65. The number of thiocarbonyl (C=S) groups is 1. The molecule has 2 aromatic rings. The van der Waals surface area contributed by atoms with E-state index in [1.54, 1.807) is 12.1 Å². The standard InChI is InChI=1S/C21H26N4O3S/c1-15-6-3-7-16(2)19(15)22-18(26)14-24-9-5-10-25(12-11-24)21(29)23-20(27)17-8-4-13-28-17/h3-4,6-8,13H,5,9-12,14H2,1-2H3,(H,22,26)(H,23,27,29). The number of hydrogen-bond donors (Lipinski definition) is 2. The second-order valence-electron chi connectivity index (χ2n) is 7.17. The van der Waals surface area contributed by atoms with Gasteiger partial charge in [0.15, 0.2) is 10.9 Å². The molecule has 3 rings (SSSR count). The SMILES string of the molecule is Cc1cccc(C)c1NC(=O)CN1CCCN(C(=S)NC(=O)c2ccco2)CC1. The molecule has 7 nitrogen and oxygen atoms in total. The molecule has 0 aliphatic carbocycles. The summed E-state index contributed by atoms with van der Waals surface area (Å²) < 4.78 is 5.09. The molecule has 1 saturated heterocycles. The normalized spacial score (nSPS) is 14.9. The Morgan fingerprint density at radius 3 is 2.52 bits per heavy atom. The van der Waals surface area contributed by atoms with Crippen LogP contribution in [0.3, 0.4) is 0 Å². The highest BCUT2D eigenvalue weighted by Gasteiger charge is 2.21. The molecule has 2 N–H and O–H groups in total. The van der Waals surface area contributed by atoms with E-state index >= 15 is 0 Å². The average molecular weight is 415 g/mol. The molecule has 2 amide bonds.